The van der Waals surface area contributed by atoms with Crippen molar-refractivity contribution < 1.29 is 19.4 Å². The van der Waals surface area contributed by atoms with Crippen LogP contribution in [0.3, 0.4) is 0 Å². The lowest BCUT2D eigenvalue weighted by molar-refractivity contribution is -0.126. The van der Waals surface area contributed by atoms with Crippen molar-refractivity contribution in [3.05, 3.63) is 36.8 Å². The Kier molecular flexibility index (Phi) is 5.00. The Bertz CT molecular complexity index is 1170. The molecular formula is C21H23N7O4. The number of aromatic hydroxyl groups is 1. The van der Waals surface area contributed by atoms with Crippen LogP contribution in [0.2, 0.25) is 0 Å². The number of rotatable bonds is 3. The highest BCUT2D eigenvalue weighted by Gasteiger charge is 2.32. The molecule has 0 saturated carbocycles. The fourth-order valence-electron chi connectivity index (χ4n) is 4.07. The SMILES string of the molecule is CN1C[C@@H](OC(=O)N2CCN(c3ccn4ncc(-c5cccnc5O)c4n3)CC2)CC1=O. The summed E-state index contributed by atoms with van der Waals surface area (Å²) in [4.78, 5) is 38.1. The Morgan fingerprint density at radius 3 is 2.72 bits per heavy atom. The van der Waals surface area contributed by atoms with Gasteiger partial charge in [-0.1, -0.05) is 0 Å². The number of pyridine rings is 1. The van der Waals surface area contributed by atoms with Crippen molar-refractivity contribution in [1.29, 1.82) is 0 Å². The minimum atomic E-state index is -0.383. The average Bonchev–Trinajstić information content (AvgIpc) is 3.36. The second-order valence-corrected chi connectivity index (χ2v) is 7.94. The highest BCUT2D eigenvalue weighted by Crippen LogP contribution is 2.30. The number of piperazine rings is 1. The van der Waals surface area contributed by atoms with Crippen LogP contribution in [0, 0.1) is 0 Å². The molecule has 0 bridgehead atoms. The van der Waals surface area contributed by atoms with E-state index in [0.29, 0.717) is 49.5 Å². The third-order valence-electron chi connectivity index (χ3n) is 5.87. The number of nitrogens with zero attached hydrogens (tertiary/aromatic N) is 7. The van der Waals surface area contributed by atoms with E-state index in [2.05, 4.69) is 15.0 Å². The fraction of sp³-hybridized carbons (Fsp3) is 0.381. The van der Waals surface area contributed by atoms with Crippen molar-refractivity contribution in [3.63, 3.8) is 0 Å². The van der Waals surface area contributed by atoms with Gasteiger partial charge in [-0.25, -0.2) is 19.3 Å². The lowest BCUT2D eigenvalue weighted by atomic mass is 10.1. The molecule has 32 heavy (non-hydrogen) atoms. The second kappa shape index (κ2) is 7.98. The van der Waals surface area contributed by atoms with Crippen LogP contribution in [0.4, 0.5) is 10.6 Å². The number of likely N-dealkylation sites (N-methyl/N-ethyl adjacent to an activating group) is 1. The van der Waals surface area contributed by atoms with Gasteiger partial charge in [0.25, 0.3) is 0 Å². The Hall–Kier alpha value is -3.89. The molecule has 0 unspecified atom stereocenters. The molecule has 11 nitrogen and oxygen atoms in total. The van der Waals surface area contributed by atoms with Gasteiger partial charge in [0, 0.05) is 51.2 Å². The Morgan fingerprint density at radius 2 is 2.00 bits per heavy atom. The van der Waals surface area contributed by atoms with E-state index in [1.165, 1.54) is 6.20 Å². The summed E-state index contributed by atoms with van der Waals surface area (Å²) in [6.07, 6.45) is 4.48. The van der Waals surface area contributed by atoms with Gasteiger partial charge in [-0.3, -0.25) is 4.79 Å². The van der Waals surface area contributed by atoms with Gasteiger partial charge < -0.3 is 24.5 Å². The zero-order valence-electron chi connectivity index (χ0n) is 17.6. The van der Waals surface area contributed by atoms with Crippen LogP contribution in [0.1, 0.15) is 6.42 Å². The first-order valence-corrected chi connectivity index (χ1v) is 10.4. The lowest BCUT2D eigenvalue weighted by Crippen LogP contribution is -2.49. The number of fused-ring (bicyclic) bond motifs is 1. The van der Waals surface area contributed by atoms with E-state index in [1.54, 1.807) is 39.7 Å². The topological polar surface area (TPSA) is 116 Å². The number of hydrogen-bond donors (Lipinski definition) is 1. The monoisotopic (exact) mass is 437 g/mol. The van der Waals surface area contributed by atoms with Crippen molar-refractivity contribution in [3.8, 4) is 17.0 Å². The van der Waals surface area contributed by atoms with Crippen molar-refractivity contribution in [1.82, 2.24) is 29.4 Å². The van der Waals surface area contributed by atoms with Crippen molar-refractivity contribution >= 4 is 23.5 Å². The largest absolute Gasteiger partial charge is 0.493 e. The molecule has 1 atom stereocenters. The summed E-state index contributed by atoms with van der Waals surface area (Å²) in [6, 6.07) is 5.40. The van der Waals surface area contributed by atoms with E-state index in [0.717, 1.165) is 5.82 Å². The number of likely N-dealkylation sites (tertiary alicyclic amines) is 1. The molecule has 0 spiro atoms. The van der Waals surface area contributed by atoms with Crippen molar-refractivity contribution in [2.45, 2.75) is 12.5 Å². The van der Waals surface area contributed by atoms with Crippen molar-refractivity contribution in [2.75, 3.05) is 44.7 Å². The summed E-state index contributed by atoms with van der Waals surface area (Å²) < 4.78 is 7.16. The van der Waals surface area contributed by atoms with Gasteiger partial charge in [0.05, 0.1) is 24.7 Å². The van der Waals surface area contributed by atoms with Crippen LogP contribution in [0.25, 0.3) is 16.8 Å². The Morgan fingerprint density at radius 1 is 1.19 bits per heavy atom. The van der Waals surface area contributed by atoms with Gasteiger partial charge in [0.1, 0.15) is 11.9 Å². The molecule has 5 rings (SSSR count). The van der Waals surface area contributed by atoms with Gasteiger partial charge in [0.15, 0.2) is 5.65 Å². The van der Waals surface area contributed by atoms with E-state index in [4.69, 9.17) is 9.72 Å². The lowest BCUT2D eigenvalue weighted by Gasteiger charge is -2.35. The minimum absolute atomic E-state index is 0.00655. The minimum Gasteiger partial charge on any atom is -0.493 e. The number of carbonyl (C=O) groups excluding carboxylic acids is 2. The van der Waals surface area contributed by atoms with Crippen LogP contribution in [0.5, 0.6) is 5.88 Å². The standard InChI is InChI=1S/C21H23N7O4/c1-25-13-14(11-18(25)29)32-21(31)27-9-7-26(8-10-27)17-4-6-28-19(24-17)16(12-23-28)15-3-2-5-22-20(15)30/h2-6,12,14H,7-11,13H2,1H3,(H,22,30)/t14-/m0/s1. The number of ether oxygens (including phenoxy) is 1. The number of carbonyl (C=O) groups is 2. The Labute approximate surface area is 183 Å². The zero-order valence-corrected chi connectivity index (χ0v) is 17.6. The predicted molar refractivity (Wildman–Crippen MR) is 114 cm³/mol. The third-order valence-corrected chi connectivity index (χ3v) is 5.87. The van der Waals surface area contributed by atoms with Gasteiger partial charge in [-0.2, -0.15) is 5.10 Å². The number of anilines is 1. The molecule has 0 aromatic carbocycles. The first-order chi connectivity index (χ1) is 15.5. The van der Waals surface area contributed by atoms with E-state index >= 15 is 0 Å². The highest BCUT2D eigenvalue weighted by molar-refractivity contribution is 5.81. The second-order valence-electron chi connectivity index (χ2n) is 7.94. The molecule has 2 fully saturated rings. The molecular weight excluding hydrogens is 414 g/mol. The molecule has 2 aliphatic heterocycles. The molecule has 166 valence electrons. The van der Waals surface area contributed by atoms with Crippen LogP contribution in [-0.2, 0) is 9.53 Å². The van der Waals surface area contributed by atoms with Crippen LogP contribution < -0.4 is 4.90 Å². The van der Waals surface area contributed by atoms with Gasteiger partial charge in [-0.05, 0) is 18.2 Å². The molecule has 2 saturated heterocycles. The highest BCUT2D eigenvalue weighted by atomic mass is 16.6. The summed E-state index contributed by atoms with van der Waals surface area (Å²) in [7, 11) is 1.71. The quantitative estimate of drug-likeness (QED) is 0.645. The third kappa shape index (κ3) is 3.66. The molecule has 2 aliphatic rings. The maximum Gasteiger partial charge on any atom is 0.410 e. The van der Waals surface area contributed by atoms with Crippen LogP contribution >= 0.6 is 0 Å². The molecule has 3 aromatic heterocycles. The molecule has 0 radical (unpaired) electrons. The molecule has 3 aromatic rings. The zero-order chi connectivity index (χ0) is 22.2. The molecule has 0 aliphatic carbocycles. The van der Waals surface area contributed by atoms with E-state index in [-0.39, 0.29) is 30.4 Å². The summed E-state index contributed by atoms with van der Waals surface area (Å²) in [5.74, 6) is 0.684. The molecule has 1 N–H and O–H groups in total. The maximum atomic E-state index is 12.5. The molecule has 5 heterocycles. The smallest absolute Gasteiger partial charge is 0.410 e. The van der Waals surface area contributed by atoms with Crippen LogP contribution in [-0.4, -0.2) is 92.4 Å². The normalized spacial score (nSPS) is 19.1. The van der Waals surface area contributed by atoms with E-state index < -0.39 is 0 Å². The van der Waals surface area contributed by atoms with Gasteiger partial charge >= 0.3 is 6.09 Å². The molecule has 11 heteroatoms. The van der Waals surface area contributed by atoms with E-state index in [9.17, 15) is 14.7 Å². The summed E-state index contributed by atoms with van der Waals surface area (Å²) in [5.41, 5.74) is 1.87. The maximum absolute atomic E-state index is 12.5. The summed E-state index contributed by atoms with van der Waals surface area (Å²) in [5, 5.41) is 14.4. The Balaban J connectivity index is 1.27. The predicted octanol–water partition coefficient (Wildman–Crippen LogP) is 0.986. The first kappa shape index (κ1) is 20.0. The number of amides is 2. The summed E-state index contributed by atoms with van der Waals surface area (Å²) in [6.45, 7) is 2.64. The number of aromatic nitrogens is 4. The van der Waals surface area contributed by atoms with Gasteiger partial charge in [-0.15, -0.1) is 0 Å². The molecule has 2 amide bonds. The average molecular weight is 437 g/mol. The summed E-state index contributed by atoms with van der Waals surface area (Å²) >= 11 is 0. The van der Waals surface area contributed by atoms with Crippen molar-refractivity contribution in [2.24, 2.45) is 0 Å². The number of hydrogen-bond acceptors (Lipinski definition) is 8. The van der Waals surface area contributed by atoms with Gasteiger partial charge in [0.2, 0.25) is 11.8 Å². The first-order valence-electron chi connectivity index (χ1n) is 10.4. The fourth-order valence-corrected chi connectivity index (χ4v) is 4.07. The van der Waals surface area contributed by atoms with E-state index in [1.807, 2.05) is 12.3 Å². The van der Waals surface area contributed by atoms with Crippen LogP contribution in [0.15, 0.2) is 36.8 Å².